The van der Waals surface area contributed by atoms with Crippen LogP contribution in [0.3, 0.4) is 0 Å². The maximum atomic E-state index is 11.3. The summed E-state index contributed by atoms with van der Waals surface area (Å²) in [7, 11) is 0. The lowest BCUT2D eigenvalue weighted by Gasteiger charge is -1.98. The molecule has 1 fully saturated rings. The van der Waals surface area contributed by atoms with E-state index in [9.17, 15) is 9.59 Å². The van der Waals surface area contributed by atoms with Gasteiger partial charge in [-0.05, 0) is 29.0 Å². The van der Waals surface area contributed by atoms with Crippen molar-refractivity contribution in [2.75, 3.05) is 0 Å². The molecule has 1 aliphatic rings. The van der Waals surface area contributed by atoms with E-state index in [1.165, 1.54) is 0 Å². The van der Waals surface area contributed by atoms with Gasteiger partial charge in [-0.25, -0.2) is 0 Å². The molecule has 1 aliphatic heterocycles. The van der Waals surface area contributed by atoms with E-state index in [2.05, 4.69) is 5.32 Å². The Hall–Kier alpha value is -1.59. The number of carbonyl (C=O) groups excluding carboxylic acids is 2. The van der Waals surface area contributed by atoms with Gasteiger partial charge in [0, 0.05) is 6.54 Å². The van der Waals surface area contributed by atoms with Crippen LogP contribution >= 0.6 is 11.8 Å². The van der Waals surface area contributed by atoms with Crippen molar-refractivity contribution in [2.45, 2.75) is 6.54 Å². The van der Waals surface area contributed by atoms with Gasteiger partial charge in [-0.1, -0.05) is 24.3 Å². The zero-order valence-corrected chi connectivity index (χ0v) is 9.21. The Morgan fingerprint density at radius 3 is 2.44 bits per heavy atom. The number of benzene rings is 1. The standard InChI is InChI=1S/C11H10N2O2S/c12-6-8-3-1-7(2-4-8)5-9-10(14)13-11(15)16-9/h1-5H,6,12H2,(H,13,14,15)/b9-5-. The van der Waals surface area contributed by atoms with Gasteiger partial charge in [-0.15, -0.1) is 0 Å². The Morgan fingerprint density at radius 1 is 1.25 bits per heavy atom. The molecule has 1 aromatic carbocycles. The summed E-state index contributed by atoms with van der Waals surface area (Å²) in [5.41, 5.74) is 7.38. The van der Waals surface area contributed by atoms with Gasteiger partial charge in [-0.2, -0.15) is 0 Å². The molecule has 0 aliphatic carbocycles. The van der Waals surface area contributed by atoms with E-state index >= 15 is 0 Å². The highest BCUT2D eigenvalue weighted by molar-refractivity contribution is 8.18. The minimum atomic E-state index is -0.335. The van der Waals surface area contributed by atoms with Crippen molar-refractivity contribution in [1.29, 1.82) is 0 Å². The van der Waals surface area contributed by atoms with E-state index in [0.29, 0.717) is 11.4 Å². The Morgan fingerprint density at radius 2 is 1.94 bits per heavy atom. The fourth-order valence-corrected chi connectivity index (χ4v) is 2.00. The molecular formula is C11H10N2O2S. The first-order valence-corrected chi connectivity index (χ1v) is 5.54. The van der Waals surface area contributed by atoms with Crippen LogP contribution in [0.1, 0.15) is 11.1 Å². The van der Waals surface area contributed by atoms with Gasteiger partial charge in [0.1, 0.15) is 0 Å². The number of imide groups is 1. The van der Waals surface area contributed by atoms with Crippen LogP contribution < -0.4 is 11.1 Å². The molecule has 0 bridgehead atoms. The van der Waals surface area contributed by atoms with E-state index in [0.717, 1.165) is 22.9 Å². The first kappa shape index (κ1) is 10.9. The van der Waals surface area contributed by atoms with Crippen LogP contribution in [0.2, 0.25) is 0 Å². The maximum Gasteiger partial charge on any atom is 0.290 e. The molecule has 4 nitrogen and oxygen atoms in total. The third-order valence-electron chi connectivity index (χ3n) is 2.16. The predicted octanol–water partition coefficient (Wildman–Crippen LogP) is 1.47. The highest BCUT2D eigenvalue weighted by atomic mass is 32.2. The lowest BCUT2D eigenvalue weighted by Crippen LogP contribution is -2.17. The number of nitrogens with two attached hydrogens (primary N) is 1. The normalized spacial score (nSPS) is 17.9. The Kier molecular flexibility index (Phi) is 3.07. The van der Waals surface area contributed by atoms with Crippen LogP contribution in [-0.4, -0.2) is 11.1 Å². The van der Waals surface area contributed by atoms with E-state index in [1.807, 2.05) is 24.3 Å². The molecule has 1 aromatic rings. The molecule has 0 aromatic heterocycles. The molecule has 0 radical (unpaired) electrons. The van der Waals surface area contributed by atoms with Crippen molar-refractivity contribution in [2.24, 2.45) is 5.73 Å². The molecule has 3 N–H and O–H groups in total. The summed E-state index contributed by atoms with van der Waals surface area (Å²) in [4.78, 5) is 22.6. The first-order valence-electron chi connectivity index (χ1n) is 4.73. The number of thioether (sulfide) groups is 1. The van der Waals surface area contributed by atoms with Gasteiger partial charge in [0.25, 0.3) is 11.1 Å². The maximum absolute atomic E-state index is 11.3. The van der Waals surface area contributed by atoms with E-state index < -0.39 is 0 Å². The van der Waals surface area contributed by atoms with Crippen molar-refractivity contribution >= 4 is 29.0 Å². The van der Waals surface area contributed by atoms with Gasteiger partial charge < -0.3 is 5.73 Å². The van der Waals surface area contributed by atoms with Crippen molar-refractivity contribution in [3.05, 3.63) is 40.3 Å². The molecule has 0 spiro atoms. The molecule has 2 amide bonds. The van der Waals surface area contributed by atoms with Crippen LogP contribution in [0.4, 0.5) is 4.79 Å². The Balaban J connectivity index is 2.22. The Bertz CT molecular complexity index is 465. The fraction of sp³-hybridized carbons (Fsp3) is 0.0909. The summed E-state index contributed by atoms with van der Waals surface area (Å²) in [6.45, 7) is 0.491. The summed E-state index contributed by atoms with van der Waals surface area (Å²) in [6, 6.07) is 7.52. The number of rotatable bonds is 2. The van der Waals surface area contributed by atoms with E-state index in [-0.39, 0.29) is 11.1 Å². The second kappa shape index (κ2) is 4.51. The van der Waals surface area contributed by atoms with Gasteiger partial charge in [0.05, 0.1) is 4.91 Å². The summed E-state index contributed by atoms with van der Waals surface area (Å²) in [6.07, 6.45) is 1.69. The average molecular weight is 234 g/mol. The highest BCUT2D eigenvalue weighted by Crippen LogP contribution is 2.25. The third-order valence-corrected chi connectivity index (χ3v) is 2.97. The quantitative estimate of drug-likeness (QED) is 0.760. The summed E-state index contributed by atoms with van der Waals surface area (Å²) in [5, 5.41) is 1.88. The van der Waals surface area contributed by atoms with Gasteiger partial charge in [0.15, 0.2) is 0 Å². The molecule has 16 heavy (non-hydrogen) atoms. The number of hydrogen-bond acceptors (Lipinski definition) is 4. The summed E-state index contributed by atoms with van der Waals surface area (Å²) < 4.78 is 0. The molecule has 2 rings (SSSR count). The summed E-state index contributed by atoms with van der Waals surface area (Å²) >= 11 is 0.915. The number of nitrogens with one attached hydrogen (secondary N) is 1. The molecule has 0 saturated carbocycles. The monoisotopic (exact) mass is 234 g/mol. The van der Waals surface area contributed by atoms with Crippen molar-refractivity contribution in [3.8, 4) is 0 Å². The van der Waals surface area contributed by atoms with E-state index in [1.54, 1.807) is 6.08 Å². The van der Waals surface area contributed by atoms with Crippen molar-refractivity contribution < 1.29 is 9.59 Å². The van der Waals surface area contributed by atoms with Crippen molar-refractivity contribution in [3.63, 3.8) is 0 Å². The predicted molar refractivity (Wildman–Crippen MR) is 63.4 cm³/mol. The third kappa shape index (κ3) is 2.32. The van der Waals surface area contributed by atoms with Gasteiger partial charge in [0.2, 0.25) is 0 Å². The molecule has 82 valence electrons. The Labute approximate surface area is 96.9 Å². The minimum Gasteiger partial charge on any atom is -0.326 e. The SMILES string of the molecule is NCc1ccc(/C=C2\SC(=O)NC2=O)cc1. The van der Waals surface area contributed by atoms with Crippen LogP contribution in [0.15, 0.2) is 29.2 Å². The minimum absolute atomic E-state index is 0.324. The first-order chi connectivity index (χ1) is 7.69. The van der Waals surface area contributed by atoms with Gasteiger partial charge >= 0.3 is 0 Å². The van der Waals surface area contributed by atoms with Crippen LogP contribution in [0.25, 0.3) is 6.08 Å². The largest absolute Gasteiger partial charge is 0.326 e. The molecule has 0 atom stereocenters. The molecule has 1 saturated heterocycles. The zero-order chi connectivity index (χ0) is 11.5. The topological polar surface area (TPSA) is 72.2 Å². The molecule has 0 unspecified atom stereocenters. The second-order valence-corrected chi connectivity index (χ2v) is 4.31. The van der Waals surface area contributed by atoms with Crippen LogP contribution in [-0.2, 0) is 11.3 Å². The average Bonchev–Trinajstić information content (AvgIpc) is 2.59. The lowest BCUT2D eigenvalue weighted by atomic mass is 10.1. The zero-order valence-electron chi connectivity index (χ0n) is 8.40. The van der Waals surface area contributed by atoms with Crippen molar-refractivity contribution in [1.82, 2.24) is 5.32 Å². The second-order valence-electron chi connectivity index (χ2n) is 3.30. The smallest absolute Gasteiger partial charge is 0.290 e. The molecule has 1 heterocycles. The van der Waals surface area contributed by atoms with Crippen LogP contribution in [0, 0.1) is 0 Å². The summed E-state index contributed by atoms with van der Waals surface area (Å²) in [5.74, 6) is -0.335. The molecule has 5 heteroatoms. The van der Waals surface area contributed by atoms with Crippen LogP contribution in [0.5, 0.6) is 0 Å². The number of hydrogen-bond donors (Lipinski definition) is 2. The fourth-order valence-electron chi connectivity index (χ4n) is 1.32. The highest BCUT2D eigenvalue weighted by Gasteiger charge is 2.24. The lowest BCUT2D eigenvalue weighted by molar-refractivity contribution is -0.115. The number of carbonyl (C=O) groups is 2. The van der Waals surface area contributed by atoms with Gasteiger partial charge in [-0.3, -0.25) is 14.9 Å². The van der Waals surface area contributed by atoms with E-state index in [4.69, 9.17) is 5.73 Å². The number of amides is 2. The molecular weight excluding hydrogens is 224 g/mol.